The Morgan fingerprint density at radius 1 is 0.500 bits per heavy atom. The molecule has 4 nitrogen and oxygen atoms in total. The molecule has 1 aliphatic heterocycles. The number of nitrogens with zero attached hydrogens (tertiary/aromatic N) is 4. The summed E-state index contributed by atoms with van der Waals surface area (Å²) in [5, 5.41) is 7.37. The average Bonchev–Trinajstić information content (AvgIpc) is 3.94. The van der Waals surface area contributed by atoms with Gasteiger partial charge in [0.25, 0.3) is 0 Å². The molecule has 0 saturated heterocycles. The van der Waals surface area contributed by atoms with Crippen LogP contribution in [0.25, 0.3) is 76.7 Å². The average molecular weight is 743 g/mol. The first-order chi connectivity index (χ1) is 28.8. The maximum atomic E-state index is 5.74. The third-order valence-corrected chi connectivity index (χ3v) is 12.5. The summed E-state index contributed by atoms with van der Waals surface area (Å²) in [7, 11) is 0. The van der Waals surface area contributed by atoms with Crippen molar-refractivity contribution in [2.75, 3.05) is 0 Å². The second-order valence-corrected chi connectivity index (χ2v) is 15.5. The van der Waals surface area contributed by atoms with E-state index in [0.717, 1.165) is 45.9 Å². The number of rotatable bonds is 6. The normalized spacial score (nSPS) is 15.9. The fraction of sp³-hybridized carbons (Fsp3) is 0.0741. The van der Waals surface area contributed by atoms with Gasteiger partial charge in [-0.2, -0.15) is 0 Å². The zero-order valence-corrected chi connectivity index (χ0v) is 32.0. The van der Waals surface area contributed by atoms with E-state index in [9.17, 15) is 0 Å². The van der Waals surface area contributed by atoms with Crippen molar-refractivity contribution in [1.82, 2.24) is 8.97 Å². The molecule has 0 spiro atoms. The van der Waals surface area contributed by atoms with Crippen molar-refractivity contribution in [3.8, 4) is 16.8 Å². The lowest BCUT2D eigenvalue weighted by Crippen LogP contribution is -2.28. The molecule has 12 rings (SSSR count). The SMILES string of the molecule is CCC1C(c2ccccc2)=NC(c2cc3c4ccccc4n4c5ccccc5c(c2-c2ccc5c6ccccc6n(-c6ccccc6)c5c2)c34)=NC1c1ccccc1. The summed E-state index contributed by atoms with van der Waals surface area (Å²) in [5.74, 6) is 0.895. The van der Waals surface area contributed by atoms with Gasteiger partial charge >= 0.3 is 0 Å². The minimum atomic E-state index is -0.0947. The molecule has 8 aromatic carbocycles. The number of fused-ring (bicyclic) bond motifs is 9. The monoisotopic (exact) mass is 742 g/mol. The van der Waals surface area contributed by atoms with Crippen LogP contribution in [0.3, 0.4) is 0 Å². The number of benzene rings is 8. The van der Waals surface area contributed by atoms with Crippen LogP contribution in [0.4, 0.5) is 0 Å². The molecule has 58 heavy (non-hydrogen) atoms. The zero-order valence-electron chi connectivity index (χ0n) is 32.0. The van der Waals surface area contributed by atoms with Gasteiger partial charge in [-0.1, -0.05) is 153 Å². The van der Waals surface area contributed by atoms with Crippen LogP contribution >= 0.6 is 0 Å². The third kappa shape index (κ3) is 4.75. The lowest BCUT2D eigenvalue weighted by Gasteiger charge is -2.30. The van der Waals surface area contributed by atoms with Gasteiger partial charge in [-0.15, -0.1) is 0 Å². The molecule has 0 amide bonds. The van der Waals surface area contributed by atoms with E-state index in [2.05, 4.69) is 204 Å². The Bertz CT molecular complexity index is 3430. The number of hydrogen-bond donors (Lipinski definition) is 0. The molecule has 4 heterocycles. The van der Waals surface area contributed by atoms with Gasteiger partial charge in [0.15, 0.2) is 5.84 Å². The van der Waals surface area contributed by atoms with Crippen LogP contribution in [-0.4, -0.2) is 20.5 Å². The highest BCUT2D eigenvalue weighted by Crippen LogP contribution is 2.48. The van der Waals surface area contributed by atoms with E-state index in [1.54, 1.807) is 0 Å². The largest absolute Gasteiger partial charge is 0.309 e. The van der Waals surface area contributed by atoms with Crippen LogP contribution in [0, 0.1) is 5.92 Å². The molecule has 4 heteroatoms. The van der Waals surface area contributed by atoms with Gasteiger partial charge in [0.1, 0.15) is 0 Å². The number of para-hydroxylation sites is 4. The second-order valence-electron chi connectivity index (χ2n) is 15.5. The van der Waals surface area contributed by atoms with Crippen molar-refractivity contribution < 1.29 is 0 Å². The first kappa shape index (κ1) is 32.9. The van der Waals surface area contributed by atoms with E-state index in [-0.39, 0.29) is 12.0 Å². The van der Waals surface area contributed by atoms with Gasteiger partial charge in [0, 0.05) is 55.0 Å². The minimum Gasteiger partial charge on any atom is -0.309 e. The molecule has 0 fully saturated rings. The van der Waals surface area contributed by atoms with E-state index >= 15 is 0 Å². The molecule has 0 N–H and O–H groups in total. The summed E-state index contributed by atoms with van der Waals surface area (Å²) in [6.07, 6.45) is 0.919. The number of amidine groups is 1. The van der Waals surface area contributed by atoms with Crippen LogP contribution < -0.4 is 0 Å². The van der Waals surface area contributed by atoms with Crippen molar-refractivity contribution in [2.24, 2.45) is 15.9 Å². The van der Waals surface area contributed by atoms with E-state index in [1.807, 2.05) is 0 Å². The zero-order chi connectivity index (χ0) is 38.3. The highest BCUT2D eigenvalue weighted by molar-refractivity contribution is 6.31. The van der Waals surface area contributed by atoms with Crippen LogP contribution in [-0.2, 0) is 0 Å². The number of aliphatic imine (C=N–C) groups is 2. The Kier molecular flexibility index (Phi) is 7.30. The third-order valence-electron chi connectivity index (χ3n) is 12.5. The first-order valence-electron chi connectivity index (χ1n) is 20.3. The molecular weight excluding hydrogens is 705 g/mol. The molecule has 0 aliphatic carbocycles. The fourth-order valence-corrected chi connectivity index (χ4v) is 9.97. The van der Waals surface area contributed by atoms with Gasteiger partial charge in [0.05, 0.1) is 39.3 Å². The van der Waals surface area contributed by atoms with Gasteiger partial charge in [-0.25, -0.2) is 4.99 Å². The minimum absolute atomic E-state index is 0.0947. The molecule has 0 bridgehead atoms. The predicted octanol–water partition coefficient (Wildman–Crippen LogP) is 13.6. The molecule has 0 saturated carbocycles. The molecule has 11 aromatic rings. The predicted molar refractivity (Wildman–Crippen MR) is 243 cm³/mol. The summed E-state index contributed by atoms with van der Waals surface area (Å²) < 4.78 is 4.89. The maximum Gasteiger partial charge on any atom is 0.156 e. The Hall–Kier alpha value is -7.30. The quantitative estimate of drug-likeness (QED) is 0.163. The van der Waals surface area contributed by atoms with E-state index in [1.165, 1.54) is 65.5 Å². The van der Waals surface area contributed by atoms with Crippen LogP contribution in [0.1, 0.15) is 36.1 Å². The standard InChI is InChI=1S/C54H38N4/c1-2-38-51(34-18-6-3-7-19-34)55-54(56-52(38)35-20-8-4-9-21-35)44-33-43-40-25-13-16-28-46(40)58-47-29-17-14-26-42(47)50(53(43)58)49(44)36-30-31-41-39-24-12-15-27-45(39)57(48(41)32-36)37-22-10-5-11-23-37/h3-33,38,51H,2H2,1H3. The van der Waals surface area contributed by atoms with E-state index < -0.39 is 0 Å². The number of hydrogen-bond acceptors (Lipinski definition) is 2. The summed E-state index contributed by atoms with van der Waals surface area (Å²) in [4.78, 5) is 11.4. The lowest BCUT2D eigenvalue weighted by atomic mass is 9.82. The Morgan fingerprint density at radius 2 is 1.09 bits per heavy atom. The van der Waals surface area contributed by atoms with Gasteiger partial charge in [-0.3, -0.25) is 4.99 Å². The fourth-order valence-electron chi connectivity index (χ4n) is 9.97. The van der Waals surface area contributed by atoms with Gasteiger partial charge < -0.3 is 8.97 Å². The topological polar surface area (TPSA) is 34.1 Å². The lowest BCUT2D eigenvalue weighted by molar-refractivity contribution is 0.532. The molecule has 3 aromatic heterocycles. The highest BCUT2D eigenvalue weighted by Gasteiger charge is 2.34. The van der Waals surface area contributed by atoms with Crippen LogP contribution in [0.2, 0.25) is 0 Å². The summed E-state index contributed by atoms with van der Waals surface area (Å²) in [6.45, 7) is 2.27. The molecule has 1 aliphatic rings. The van der Waals surface area contributed by atoms with Gasteiger partial charge in [-0.05, 0) is 65.6 Å². The Balaban J connectivity index is 1.24. The van der Waals surface area contributed by atoms with E-state index in [4.69, 9.17) is 9.98 Å². The molecule has 2 unspecified atom stereocenters. The van der Waals surface area contributed by atoms with Crippen molar-refractivity contribution >= 4 is 71.4 Å². The number of aromatic nitrogens is 2. The van der Waals surface area contributed by atoms with Crippen molar-refractivity contribution in [2.45, 2.75) is 19.4 Å². The smallest absolute Gasteiger partial charge is 0.156 e. The molecule has 2 atom stereocenters. The van der Waals surface area contributed by atoms with Gasteiger partial charge in [0.2, 0.25) is 0 Å². The van der Waals surface area contributed by atoms with E-state index in [0.29, 0.717) is 0 Å². The molecule has 274 valence electrons. The molecule has 0 radical (unpaired) electrons. The second kappa shape index (κ2) is 12.9. The van der Waals surface area contributed by atoms with Crippen molar-refractivity contribution in [1.29, 1.82) is 0 Å². The maximum absolute atomic E-state index is 5.74. The summed E-state index contributed by atoms with van der Waals surface area (Å²) in [5.41, 5.74) is 13.9. The highest BCUT2D eigenvalue weighted by atomic mass is 15.0. The Morgan fingerprint density at radius 3 is 1.81 bits per heavy atom. The summed E-state index contributed by atoms with van der Waals surface area (Å²) in [6, 6.07) is 68.1. The van der Waals surface area contributed by atoms with Crippen molar-refractivity contribution in [3.05, 3.63) is 205 Å². The van der Waals surface area contributed by atoms with Crippen LogP contribution in [0.5, 0.6) is 0 Å². The summed E-state index contributed by atoms with van der Waals surface area (Å²) >= 11 is 0. The molecular formula is C54H38N4. The Labute approximate surface area is 336 Å². The van der Waals surface area contributed by atoms with Crippen molar-refractivity contribution in [3.63, 3.8) is 0 Å². The van der Waals surface area contributed by atoms with Crippen LogP contribution in [0.15, 0.2) is 198 Å². The first-order valence-corrected chi connectivity index (χ1v) is 20.3.